The number of Topliss-reactive ketones (excluding diaryl/α,β-unsaturated/α-hetero) is 3. The first kappa shape index (κ1) is 61.0. The van der Waals surface area contributed by atoms with Crippen molar-refractivity contribution in [2.24, 2.45) is 35.5 Å². The first-order valence-electron chi connectivity index (χ1n) is 27.1. The molecule has 0 radical (unpaired) electrons. The third-order valence-corrected chi connectivity index (χ3v) is 15.9. The van der Waals surface area contributed by atoms with Gasteiger partial charge in [-0.2, -0.15) is 0 Å². The Morgan fingerprint density at radius 3 is 2.27 bits per heavy atom. The van der Waals surface area contributed by atoms with Crippen molar-refractivity contribution in [3.8, 4) is 0 Å². The van der Waals surface area contributed by atoms with Crippen LogP contribution < -0.4 is 0 Å². The third-order valence-electron chi connectivity index (χ3n) is 15.9. The van der Waals surface area contributed by atoms with Crippen molar-refractivity contribution in [2.45, 2.75) is 187 Å². The topological polar surface area (TPSA) is 211 Å². The van der Waals surface area contributed by atoms with Gasteiger partial charge in [0.2, 0.25) is 5.79 Å². The van der Waals surface area contributed by atoms with Gasteiger partial charge in [0.1, 0.15) is 42.8 Å². The van der Waals surface area contributed by atoms with Crippen molar-refractivity contribution in [2.75, 3.05) is 27.9 Å². The first-order chi connectivity index (χ1) is 35.7. The predicted molar refractivity (Wildman–Crippen MR) is 281 cm³/mol. The van der Waals surface area contributed by atoms with Crippen molar-refractivity contribution in [3.63, 3.8) is 0 Å². The summed E-state index contributed by atoms with van der Waals surface area (Å²) in [7, 11) is 4.50. The van der Waals surface area contributed by atoms with Crippen LogP contribution in [0.2, 0.25) is 0 Å². The molecule has 16 nitrogen and oxygen atoms in total. The highest BCUT2D eigenvalue weighted by atomic mass is 16.7. The standard InChI is InChI=1S/C59H85NO15/c1-36-19-13-11-14-20-37(2)49(69-8)33-45-26-24-42(7)59(68,75-45)55(64)56(65)60-28-18-17-23-46(60)57(66)73-50(34-47(61)38(3)30-41(6)53(63)54(71-10)52(62)40(5)29-36)39(4)31-44-25-27-48(51(32-44)70-9)74-58(67)72-35-43-21-15-12-16-22-43/h11-16,19-22,30,36,38-40,42,44-46,48-51,53-54,63,68H,17-18,23-29,31-35H2,1-10H3/b14-11-,19-13+,37-20+,41-30+/t36-,38-,39-,40-,42-,44+,45+,46+,48-,49+,50+,51-,53-,54+,59-/m1/s1. The summed E-state index contributed by atoms with van der Waals surface area (Å²) >= 11 is 0. The van der Waals surface area contributed by atoms with Gasteiger partial charge in [0.25, 0.3) is 11.7 Å². The van der Waals surface area contributed by atoms with Gasteiger partial charge < -0.3 is 48.3 Å². The molecule has 5 rings (SSSR count). The van der Waals surface area contributed by atoms with Crippen molar-refractivity contribution in [3.05, 3.63) is 83.5 Å². The minimum atomic E-state index is -2.46. The molecular weight excluding hydrogens is 963 g/mol. The van der Waals surface area contributed by atoms with Gasteiger partial charge >= 0.3 is 12.1 Å². The smallest absolute Gasteiger partial charge is 0.460 e. The molecule has 4 aliphatic rings. The molecule has 1 aromatic rings. The molecule has 416 valence electrons. The fourth-order valence-electron chi connectivity index (χ4n) is 11.1. The summed E-state index contributed by atoms with van der Waals surface area (Å²) in [6, 6.07) is 8.10. The number of aliphatic hydroxyl groups excluding tert-OH is 1. The molecule has 3 aliphatic heterocycles. The average Bonchev–Trinajstić information content (AvgIpc) is 3.40. The molecule has 1 aromatic carbocycles. The van der Waals surface area contributed by atoms with Crippen LogP contribution >= 0.6 is 0 Å². The molecule has 2 saturated heterocycles. The normalized spacial score (nSPS) is 36.4. The Morgan fingerprint density at radius 1 is 0.840 bits per heavy atom. The molecule has 0 unspecified atom stereocenters. The van der Waals surface area contributed by atoms with E-state index in [2.05, 4.69) is 0 Å². The van der Waals surface area contributed by atoms with E-state index in [0.29, 0.717) is 69.8 Å². The summed E-state index contributed by atoms with van der Waals surface area (Å²) in [6.07, 6.45) is 9.60. The van der Waals surface area contributed by atoms with Crippen LogP contribution in [0.4, 0.5) is 4.79 Å². The number of rotatable bonds is 9. The Hall–Kier alpha value is -4.84. The van der Waals surface area contributed by atoms with Gasteiger partial charge in [-0.15, -0.1) is 0 Å². The van der Waals surface area contributed by atoms with E-state index in [4.69, 9.17) is 33.2 Å². The first-order valence-corrected chi connectivity index (χ1v) is 27.1. The summed E-state index contributed by atoms with van der Waals surface area (Å²) in [5, 5.41) is 23.6. The number of hydrogen-bond acceptors (Lipinski definition) is 15. The number of carbonyl (C=O) groups excluding carboxylic acids is 6. The number of esters is 1. The van der Waals surface area contributed by atoms with Crippen molar-refractivity contribution in [1.29, 1.82) is 0 Å². The number of aliphatic hydroxyl groups is 2. The summed E-state index contributed by atoms with van der Waals surface area (Å²) in [5.74, 6) is -8.39. The molecule has 2 N–H and O–H groups in total. The second kappa shape index (κ2) is 29.1. The highest BCUT2D eigenvalue weighted by molar-refractivity contribution is 6.39. The Labute approximate surface area is 444 Å². The second-order valence-electron chi connectivity index (χ2n) is 21.7. The van der Waals surface area contributed by atoms with Crippen LogP contribution in [0.15, 0.2) is 77.9 Å². The number of methoxy groups -OCH3 is 3. The molecule has 16 heteroatoms. The van der Waals surface area contributed by atoms with Gasteiger partial charge in [0, 0.05) is 58.5 Å². The number of ether oxygens (including phenoxy) is 7. The summed E-state index contributed by atoms with van der Waals surface area (Å²) in [6.45, 7) is 12.7. The number of benzene rings is 1. The van der Waals surface area contributed by atoms with Crippen LogP contribution in [0.3, 0.4) is 0 Å². The second-order valence-corrected chi connectivity index (χ2v) is 21.7. The number of hydrogen-bond donors (Lipinski definition) is 2. The largest absolute Gasteiger partial charge is 0.508 e. The van der Waals surface area contributed by atoms with Gasteiger partial charge in [0.15, 0.2) is 5.78 Å². The molecule has 3 fully saturated rings. The zero-order valence-electron chi connectivity index (χ0n) is 46.0. The van der Waals surface area contributed by atoms with Crippen LogP contribution in [0, 0.1) is 35.5 Å². The number of allylic oxidation sites excluding steroid dienone is 6. The number of carbonyl (C=O) groups is 6. The maximum atomic E-state index is 14.6. The summed E-state index contributed by atoms with van der Waals surface area (Å²) < 4.78 is 40.9. The average molecular weight is 1050 g/mol. The van der Waals surface area contributed by atoms with Crippen LogP contribution in [0.1, 0.15) is 131 Å². The lowest BCUT2D eigenvalue weighted by Crippen LogP contribution is -2.61. The van der Waals surface area contributed by atoms with Crippen molar-refractivity contribution < 1.29 is 72.1 Å². The van der Waals surface area contributed by atoms with Crippen LogP contribution in [-0.2, 0) is 63.7 Å². The molecule has 3 heterocycles. The maximum Gasteiger partial charge on any atom is 0.508 e. The minimum absolute atomic E-state index is 0.00123. The van der Waals surface area contributed by atoms with Crippen LogP contribution in [0.5, 0.6) is 0 Å². The molecule has 75 heavy (non-hydrogen) atoms. The molecule has 15 atom stereocenters. The molecule has 1 amide bonds. The number of nitrogens with zero attached hydrogens (tertiary/aromatic N) is 1. The Balaban J connectivity index is 1.42. The molecule has 1 aliphatic carbocycles. The molecule has 2 bridgehead atoms. The van der Waals surface area contributed by atoms with Gasteiger partial charge in [0.05, 0.1) is 18.3 Å². The zero-order valence-corrected chi connectivity index (χ0v) is 46.0. The number of piperidine rings is 1. The van der Waals surface area contributed by atoms with E-state index >= 15 is 0 Å². The lowest BCUT2D eigenvalue weighted by atomic mass is 9.78. The SMILES string of the molecule is CO[C@H]1C[C@@H]2CC[C@@H](C)[C@@](O)(O2)C(=O)C(=O)N2CCCC[C@H]2C(=O)O[C@H]([C@H](C)C[C@@H]2CC[C@@H](OC(=O)OCc3ccccc3)[C@H](OC)C2)CC(=O)[C@H](C)/C=C(\C)[C@@H](O)[C@@H](OC)C(=O)[C@H](C)C[C@H](C)/C=C/C=C\C=C\1C. The lowest BCUT2D eigenvalue weighted by Gasteiger charge is -2.42. The van der Waals surface area contributed by atoms with E-state index in [1.54, 1.807) is 41.1 Å². The lowest BCUT2D eigenvalue weighted by molar-refractivity contribution is -0.265. The van der Waals surface area contributed by atoms with E-state index in [9.17, 15) is 39.0 Å². The van der Waals surface area contributed by atoms with Gasteiger partial charge in [-0.05, 0) is 113 Å². The van der Waals surface area contributed by atoms with Gasteiger partial charge in [-0.1, -0.05) is 101 Å². The summed E-state index contributed by atoms with van der Waals surface area (Å²) in [5.41, 5.74) is 2.06. The monoisotopic (exact) mass is 1050 g/mol. The molecule has 1 saturated carbocycles. The van der Waals surface area contributed by atoms with Gasteiger partial charge in [-0.3, -0.25) is 19.2 Å². The van der Waals surface area contributed by atoms with E-state index in [1.807, 2.05) is 88.4 Å². The highest BCUT2D eigenvalue weighted by Gasteiger charge is 2.53. The number of fused-ring (bicyclic) bond motifs is 3. The fraction of sp³-hybridized carbons (Fsp3) is 0.661. The van der Waals surface area contributed by atoms with Crippen LogP contribution in [0.25, 0.3) is 0 Å². The minimum Gasteiger partial charge on any atom is -0.460 e. The number of cyclic esters (lactones) is 1. The van der Waals surface area contributed by atoms with E-state index < -0.39 is 102 Å². The third kappa shape index (κ3) is 16.8. The van der Waals surface area contributed by atoms with Crippen LogP contribution in [-0.4, -0.2) is 133 Å². The maximum absolute atomic E-state index is 14.6. The summed E-state index contributed by atoms with van der Waals surface area (Å²) in [4.78, 5) is 85.4. The quantitative estimate of drug-likeness (QED) is 0.135. The van der Waals surface area contributed by atoms with Crippen molar-refractivity contribution >= 4 is 35.4 Å². The van der Waals surface area contributed by atoms with E-state index in [-0.39, 0.29) is 49.4 Å². The Bertz CT molecular complexity index is 2210. The Morgan fingerprint density at radius 2 is 1.57 bits per heavy atom. The molecular formula is C59H85NO15. The zero-order chi connectivity index (χ0) is 55.0. The Kier molecular flexibility index (Phi) is 23.6. The predicted octanol–water partition coefficient (Wildman–Crippen LogP) is 8.54. The molecule has 0 spiro atoms. The number of ketones is 3. The van der Waals surface area contributed by atoms with Crippen molar-refractivity contribution in [1.82, 2.24) is 4.90 Å². The number of amides is 1. The van der Waals surface area contributed by atoms with Gasteiger partial charge in [-0.25, -0.2) is 9.59 Å². The van der Waals surface area contributed by atoms with E-state index in [1.165, 1.54) is 12.0 Å². The molecule has 0 aromatic heterocycles. The van der Waals surface area contributed by atoms with E-state index in [0.717, 1.165) is 11.1 Å². The highest BCUT2D eigenvalue weighted by Crippen LogP contribution is 2.38. The fourth-order valence-corrected chi connectivity index (χ4v) is 11.1.